The molecule has 0 bridgehead atoms. The molecule has 2 aliphatic rings. The second-order valence-corrected chi connectivity index (χ2v) is 13.5. The van der Waals surface area contributed by atoms with E-state index >= 15 is 0 Å². The number of amides is 3. The summed E-state index contributed by atoms with van der Waals surface area (Å²) in [5.74, 6) is -5.83. The summed E-state index contributed by atoms with van der Waals surface area (Å²) in [6, 6.07) is 2.83. The van der Waals surface area contributed by atoms with Gasteiger partial charge in [-0.05, 0) is 31.6 Å². The van der Waals surface area contributed by atoms with Gasteiger partial charge in [0, 0.05) is 48.9 Å². The van der Waals surface area contributed by atoms with Crippen molar-refractivity contribution in [3.8, 4) is 11.5 Å². The number of aromatic hydroxyl groups is 2. The van der Waals surface area contributed by atoms with Gasteiger partial charge < -0.3 is 46.5 Å². The van der Waals surface area contributed by atoms with Crippen LogP contribution in [0.15, 0.2) is 40.0 Å². The molecule has 1 saturated heterocycles. The molecule has 1 aromatic carbocycles. The fourth-order valence-electron chi connectivity index (χ4n) is 4.82. The minimum Gasteiger partial charge on any atom is -0.504 e. The number of rotatable bonds is 11. The van der Waals surface area contributed by atoms with Gasteiger partial charge in [0.25, 0.3) is 17.7 Å². The van der Waals surface area contributed by atoms with Crippen molar-refractivity contribution in [2.75, 3.05) is 37.0 Å². The molecule has 49 heavy (non-hydrogen) atoms. The van der Waals surface area contributed by atoms with Gasteiger partial charge in [0.15, 0.2) is 22.3 Å². The van der Waals surface area contributed by atoms with Crippen LogP contribution in [0.25, 0.3) is 10.9 Å². The molecule has 258 valence electrons. The third kappa shape index (κ3) is 6.72. The van der Waals surface area contributed by atoms with E-state index < -0.39 is 58.1 Å². The summed E-state index contributed by atoms with van der Waals surface area (Å²) in [6.07, 6.45) is 0. The minimum absolute atomic E-state index is 0.0289. The van der Waals surface area contributed by atoms with Crippen molar-refractivity contribution >= 4 is 80.2 Å². The number of nitrogens with one attached hydrogen (secondary N) is 2. The minimum atomic E-state index is -1.81. The Morgan fingerprint density at radius 1 is 1.12 bits per heavy atom. The Balaban J connectivity index is 1.33. The Hall–Kier alpha value is -5.63. The number of aliphatic carboxylic acids is 2. The monoisotopic (exact) mass is 714 g/mol. The third-order valence-corrected chi connectivity index (χ3v) is 9.47. The first-order valence-electron chi connectivity index (χ1n) is 14.2. The van der Waals surface area contributed by atoms with Gasteiger partial charge in [-0.1, -0.05) is 5.16 Å². The van der Waals surface area contributed by atoms with Gasteiger partial charge in [0.05, 0.1) is 5.52 Å². The standard InChI is InChI=1S/C29H30N8O10S2/c1-29(2,27(45)46)47-35-19(15-10-49-28(30)33-15)23(41)34-20-24(42)37-21(26(43)44)11(9-48-25(20)37)8-31-22(40)14-6-16(36(3)4)12-5-17(38)18(39)7-13(12)32-14/h5-7,10,20,25,38-39H,8-9H2,1-4H3,(H2,30,33)(H,31,40)(H,34,41)(H,43,44)(H,45,46)/b35-19-/t20-,25-/m1/s1. The number of β-lactam (4-membered cyclic amide) rings is 1. The Bertz CT molecular complexity index is 1970. The number of thioether (sulfide) groups is 1. The smallest absolute Gasteiger partial charge is 0.352 e. The lowest BCUT2D eigenvalue weighted by molar-refractivity contribution is -0.161. The van der Waals surface area contributed by atoms with Crippen LogP contribution in [0.2, 0.25) is 0 Å². The number of carboxylic acid groups (broad SMARTS) is 2. The SMILES string of the molecule is CN(C)c1cc(C(=O)NCC2=C(C(=O)O)N3C(=O)[C@@H](NC(=O)/C(=N\OC(C)(C)C(=O)O)c4csc(N)n4)[C@H]3SC2)nc2cc(O)c(O)cc12. The van der Waals surface area contributed by atoms with E-state index in [0.29, 0.717) is 11.1 Å². The summed E-state index contributed by atoms with van der Waals surface area (Å²) in [4.78, 5) is 79.7. The molecule has 2 aromatic heterocycles. The van der Waals surface area contributed by atoms with E-state index in [1.807, 2.05) is 0 Å². The predicted octanol–water partition coefficient (Wildman–Crippen LogP) is 0.503. The van der Waals surface area contributed by atoms with Crippen LogP contribution >= 0.6 is 23.1 Å². The number of nitrogens with two attached hydrogens (primary N) is 1. The molecule has 18 nitrogen and oxygen atoms in total. The lowest BCUT2D eigenvalue weighted by atomic mass is 10.0. The first-order chi connectivity index (χ1) is 23.0. The summed E-state index contributed by atoms with van der Waals surface area (Å²) in [6.45, 7) is 2.18. The first kappa shape index (κ1) is 34.7. The van der Waals surface area contributed by atoms with Crippen LogP contribution in [0.3, 0.4) is 0 Å². The highest BCUT2D eigenvalue weighted by Crippen LogP contribution is 2.40. The Kier molecular flexibility index (Phi) is 9.28. The molecule has 0 radical (unpaired) electrons. The lowest BCUT2D eigenvalue weighted by Gasteiger charge is -2.49. The second-order valence-electron chi connectivity index (χ2n) is 11.5. The van der Waals surface area contributed by atoms with Crippen molar-refractivity contribution in [3.63, 3.8) is 0 Å². The number of carboxylic acids is 2. The number of fused-ring (bicyclic) bond motifs is 2. The zero-order valence-electron chi connectivity index (χ0n) is 26.2. The molecule has 2 atom stereocenters. The molecule has 20 heteroatoms. The van der Waals surface area contributed by atoms with Crippen LogP contribution in [-0.2, 0) is 24.0 Å². The highest BCUT2D eigenvalue weighted by Gasteiger charge is 2.54. The molecule has 0 aliphatic carbocycles. The van der Waals surface area contributed by atoms with E-state index in [4.69, 9.17) is 10.6 Å². The predicted molar refractivity (Wildman–Crippen MR) is 177 cm³/mol. The van der Waals surface area contributed by atoms with Crippen LogP contribution in [0, 0.1) is 0 Å². The highest BCUT2D eigenvalue weighted by atomic mass is 32.2. The van der Waals surface area contributed by atoms with Crippen molar-refractivity contribution in [3.05, 3.63) is 46.2 Å². The van der Waals surface area contributed by atoms with Crippen LogP contribution < -0.4 is 21.3 Å². The molecule has 3 aromatic rings. The summed E-state index contributed by atoms with van der Waals surface area (Å²) in [5.41, 5.74) is 3.99. The number of oxime groups is 1. The average Bonchev–Trinajstić information content (AvgIpc) is 3.47. The van der Waals surface area contributed by atoms with Crippen molar-refractivity contribution < 1.29 is 49.2 Å². The maximum atomic E-state index is 13.3. The number of benzene rings is 1. The van der Waals surface area contributed by atoms with Gasteiger partial charge in [0.2, 0.25) is 5.60 Å². The topological polar surface area (TPSA) is 270 Å². The molecule has 1 fully saturated rings. The Labute approximate surface area is 285 Å². The van der Waals surface area contributed by atoms with E-state index in [0.717, 1.165) is 28.0 Å². The fourth-order valence-corrected chi connectivity index (χ4v) is 6.72. The van der Waals surface area contributed by atoms with E-state index in [9.17, 15) is 44.4 Å². The second kappa shape index (κ2) is 13.1. The number of hydrogen-bond acceptors (Lipinski definition) is 15. The Morgan fingerprint density at radius 3 is 2.43 bits per heavy atom. The van der Waals surface area contributed by atoms with Gasteiger partial charge >= 0.3 is 11.9 Å². The quantitative estimate of drug-likeness (QED) is 0.0617. The van der Waals surface area contributed by atoms with Gasteiger partial charge in [-0.2, -0.15) is 0 Å². The number of thiazole rings is 1. The van der Waals surface area contributed by atoms with E-state index in [-0.39, 0.29) is 51.4 Å². The van der Waals surface area contributed by atoms with Gasteiger partial charge in [-0.15, -0.1) is 23.1 Å². The van der Waals surface area contributed by atoms with Crippen LogP contribution in [0.4, 0.5) is 10.8 Å². The molecule has 2 aliphatic heterocycles. The number of anilines is 2. The molecule has 3 amide bonds. The molecular weight excluding hydrogens is 684 g/mol. The van der Waals surface area contributed by atoms with Crippen molar-refractivity contribution in [1.29, 1.82) is 0 Å². The summed E-state index contributed by atoms with van der Waals surface area (Å²) >= 11 is 2.14. The zero-order chi connectivity index (χ0) is 35.9. The third-order valence-electron chi connectivity index (χ3n) is 7.46. The number of nitrogen functional groups attached to an aromatic ring is 1. The van der Waals surface area contributed by atoms with E-state index in [1.165, 1.54) is 37.4 Å². The lowest BCUT2D eigenvalue weighted by Crippen LogP contribution is -2.71. The average molecular weight is 715 g/mol. The highest BCUT2D eigenvalue weighted by molar-refractivity contribution is 8.00. The normalized spacial score (nSPS) is 17.7. The number of nitrogens with zero attached hydrogens (tertiary/aromatic N) is 5. The molecule has 0 unspecified atom stereocenters. The number of carbonyl (C=O) groups excluding carboxylic acids is 3. The molecular formula is C29H30N8O10S2. The van der Waals surface area contributed by atoms with E-state index in [1.54, 1.807) is 19.0 Å². The maximum Gasteiger partial charge on any atom is 0.352 e. The largest absolute Gasteiger partial charge is 0.504 e. The van der Waals surface area contributed by atoms with Gasteiger partial charge in [-0.3, -0.25) is 19.3 Å². The number of phenols is 2. The first-order valence-corrected chi connectivity index (χ1v) is 16.2. The van der Waals surface area contributed by atoms with Gasteiger partial charge in [0.1, 0.15) is 28.5 Å². The van der Waals surface area contributed by atoms with E-state index in [2.05, 4.69) is 25.8 Å². The number of aromatic nitrogens is 2. The van der Waals surface area contributed by atoms with Gasteiger partial charge in [-0.25, -0.2) is 19.6 Å². The molecule has 0 saturated carbocycles. The number of phenolic OH excluding ortho intramolecular Hbond substituents is 2. The van der Waals surface area contributed by atoms with Crippen LogP contribution in [0.1, 0.15) is 30.0 Å². The number of hydrogen-bond donors (Lipinski definition) is 7. The summed E-state index contributed by atoms with van der Waals surface area (Å²) in [7, 11) is 3.44. The number of carbonyl (C=O) groups is 5. The van der Waals surface area contributed by atoms with Crippen LogP contribution in [-0.4, -0.2) is 114 Å². The number of pyridine rings is 1. The Morgan fingerprint density at radius 2 is 1.82 bits per heavy atom. The molecule has 5 rings (SSSR count). The molecule has 0 spiro atoms. The van der Waals surface area contributed by atoms with Crippen molar-refractivity contribution in [2.45, 2.75) is 30.9 Å². The van der Waals surface area contributed by atoms with Crippen LogP contribution in [0.5, 0.6) is 11.5 Å². The summed E-state index contributed by atoms with van der Waals surface area (Å²) < 4.78 is 0. The summed E-state index contributed by atoms with van der Waals surface area (Å²) in [5, 5.41) is 49.3. The van der Waals surface area contributed by atoms with Crippen molar-refractivity contribution in [1.82, 2.24) is 25.5 Å². The maximum absolute atomic E-state index is 13.3. The zero-order valence-corrected chi connectivity index (χ0v) is 27.9. The fraction of sp³-hybridized carbons (Fsp3) is 0.310. The molecule has 4 heterocycles. The van der Waals surface area contributed by atoms with Crippen molar-refractivity contribution in [2.24, 2.45) is 5.16 Å². The molecule has 8 N–H and O–H groups in total.